The normalized spacial score (nSPS) is 29.5. The Morgan fingerprint density at radius 2 is 2.13 bits per heavy atom. The van der Waals surface area contributed by atoms with Crippen molar-refractivity contribution >= 4 is 16.7 Å². The molecule has 0 amide bonds. The van der Waals surface area contributed by atoms with E-state index in [2.05, 4.69) is 5.10 Å². The SMILES string of the molecule is CN1CCN(/C=N/N)C2(C1)OS(=O)(=O)O2. The molecule has 0 radical (unpaired) electrons. The first-order valence-corrected chi connectivity index (χ1v) is 5.66. The van der Waals surface area contributed by atoms with Crippen molar-refractivity contribution in [3.8, 4) is 0 Å². The summed E-state index contributed by atoms with van der Waals surface area (Å²) >= 11 is 0. The Labute approximate surface area is 87.5 Å². The van der Waals surface area contributed by atoms with E-state index in [1.807, 2.05) is 11.9 Å². The van der Waals surface area contributed by atoms with E-state index >= 15 is 0 Å². The zero-order valence-corrected chi connectivity index (χ0v) is 8.98. The third kappa shape index (κ3) is 1.78. The molecule has 2 aliphatic heterocycles. The fourth-order valence-electron chi connectivity index (χ4n) is 1.66. The number of nitrogens with zero attached hydrogens (tertiary/aromatic N) is 3. The minimum absolute atomic E-state index is 0.318. The van der Waals surface area contributed by atoms with E-state index in [1.165, 1.54) is 11.2 Å². The molecule has 0 aromatic heterocycles. The molecule has 0 unspecified atom stereocenters. The fraction of sp³-hybridized carbons (Fsp3) is 0.833. The Kier molecular flexibility index (Phi) is 2.34. The molecule has 2 fully saturated rings. The van der Waals surface area contributed by atoms with Crippen molar-refractivity contribution in [3.05, 3.63) is 0 Å². The molecule has 8 nitrogen and oxygen atoms in total. The molecule has 9 heteroatoms. The number of piperazine rings is 1. The molecule has 15 heavy (non-hydrogen) atoms. The number of hydrogen-bond acceptors (Lipinski definition) is 7. The Hall–Kier alpha value is -0.900. The molecule has 1 spiro atoms. The van der Waals surface area contributed by atoms with E-state index < -0.39 is 16.3 Å². The number of nitrogens with two attached hydrogens (primary N) is 1. The maximum Gasteiger partial charge on any atom is 0.408 e. The number of hydrazone groups is 1. The zero-order chi connectivity index (χ0) is 11.1. The van der Waals surface area contributed by atoms with Crippen LogP contribution in [0, 0.1) is 0 Å². The summed E-state index contributed by atoms with van der Waals surface area (Å²) in [7, 11) is -1.99. The summed E-state index contributed by atoms with van der Waals surface area (Å²) < 4.78 is 31.3. The Bertz CT molecular complexity index is 369. The molecule has 0 bridgehead atoms. The van der Waals surface area contributed by atoms with Gasteiger partial charge in [0.2, 0.25) is 0 Å². The van der Waals surface area contributed by atoms with Crippen molar-refractivity contribution < 1.29 is 16.8 Å². The van der Waals surface area contributed by atoms with Gasteiger partial charge in [-0.05, 0) is 7.05 Å². The Morgan fingerprint density at radius 3 is 2.67 bits per heavy atom. The number of hydrogen-bond donors (Lipinski definition) is 1. The van der Waals surface area contributed by atoms with Gasteiger partial charge >= 0.3 is 16.3 Å². The maximum atomic E-state index is 10.9. The summed E-state index contributed by atoms with van der Waals surface area (Å²) in [4.78, 5) is 3.42. The van der Waals surface area contributed by atoms with Crippen molar-refractivity contribution in [1.82, 2.24) is 9.80 Å². The van der Waals surface area contributed by atoms with Gasteiger partial charge in [0.25, 0.3) is 0 Å². The summed E-state index contributed by atoms with van der Waals surface area (Å²) in [5, 5.41) is 3.34. The molecule has 2 N–H and O–H groups in total. The van der Waals surface area contributed by atoms with Crippen LogP contribution in [0.15, 0.2) is 5.10 Å². The molecule has 86 valence electrons. The lowest BCUT2D eigenvalue weighted by Gasteiger charge is -2.50. The van der Waals surface area contributed by atoms with Gasteiger partial charge in [-0.2, -0.15) is 21.9 Å². The minimum atomic E-state index is -3.83. The smallest absolute Gasteiger partial charge is 0.322 e. The summed E-state index contributed by atoms with van der Waals surface area (Å²) in [5.74, 6) is 3.73. The molecule has 2 aliphatic rings. The standard InChI is InChI=1S/C6H12N4O4S/c1-9-2-3-10(5-8-7)6(4-9)13-15(11,12)14-6/h5H,2-4,7H2,1H3/b8-5+. The molecule has 0 aromatic rings. The Morgan fingerprint density at radius 1 is 1.47 bits per heavy atom. The van der Waals surface area contributed by atoms with Crippen LogP contribution < -0.4 is 5.84 Å². The highest BCUT2D eigenvalue weighted by atomic mass is 32.3. The summed E-state index contributed by atoms with van der Waals surface area (Å²) in [5.41, 5.74) is 0. The lowest BCUT2D eigenvalue weighted by Crippen LogP contribution is -2.70. The van der Waals surface area contributed by atoms with Crippen molar-refractivity contribution in [2.45, 2.75) is 5.91 Å². The van der Waals surface area contributed by atoms with Crippen LogP contribution in [-0.4, -0.2) is 57.1 Å². The highest BCUT2D eigenvalue weighted by molar-refractivity contribution is 7.82. The molecule has 0 saturated carbocycles. The summed E-state index contributed by atoms with van der Waals surface area (Å²) in [6, 6.07) is 0. The van der Waals surface area contributed by atoms with Gasteiger partial charge in [-0.3, -0.25) is 4.90 Å². The average molecular weight is 236 g/mol. The lowest BCUT2D eigenvalue weighted by molar-refractivity contribution is -0.276. The predicted octanol–water partition coefficient (Wildman–Crippen LogP) is -1.92. The first kappa shape index (κ1) is 10.6. The van der Waals surface area contributed by atoms with Crippen LogP contribution in [0.5, 0.6) is 0 Å². The first-order valence-electron chi connectivity index (χ1n) is 4.32. The molecule has 2 saturated heterocycles. The summed E-state index contributed by atoms with van der Waals surface area (Å²) in [6.07, 6.45) is 1.31. The van der Waals surface area contributed by atoms with Gasteiger partial charge in [0, 0.05) is 13.1 Å². The second kappa shape index (κ2) is 3.30. The van der Waals surface area contributed by atoms with Crippen molar-refractivity contribution in [3.63, 3.8) is 0 Å². The summed E-state index contributed by atoms with van der Waals surface area (Å²) in [6.45, 7) is 1.60. The largest absolute Gasteiger partial charge is 0.408 e. The van der Waals surface area contributed by atoms with E-state index in [-0.39, 0.29) is 0 Å². The second-order valence-corrected chi connectivity index (χ2v) is 4.63. The Balaban J connectivity index is 2.18. The molecule has 2 rings (SSSR count). The van der Waals surface area contributed by atoms with Crippen molar-refractivity contribution in [2.24, 2.45) is 10.9 Å². The molecule has 0 aliphatic carbocycles. The van der Waals surface area contributed by atoms with Crippen LogP contribution in [0.4, 0.5) is 0 Å². The average Bonchev–Trinajstić information content (AvgIpc) is 2.07. The zero-order valence-electron chi connectivity index (χ0n) is 8.16. The van der Waals surface area contributed by atoms with E-state index in [0.29, 0.717) is 13.1 Å². The van der Waals surface area contributed by atoms with Gasteiger partial charge in [0.1, 0.15) is 6.34 Å². The van der Waals surface area contributed by atoms with Gasteiger partial charge in [-0.1, -0.05) is 0 Å². The topological polar surface area (TPSA) is 97.5 Å². The number of rotatable bonds is 1. The van der Waals surface area contributed by atoms with Gasteiger partial charge in [0.05, 0.1) is 6.54 Å². The third-order valence-corrected chi connectivity index (χ3v) is 3.23. The van der Waals surface area contributed by atoms with Crippen molar-refractivity contribution in [2.75, 3.05) is 26.7 Å². The van der Waals surface area contributed by atoms with Crippen LogP contribution in [0.2, 0.25) is 0 Å². The molecule has 0 aromatic carbocycles. The van der Waals surface area contributed by atoms with E-state index in [9.17, 15) is 8.42 Å². The van der Waals surface area contributed by atoms with E-state index in [4.69, 9.17) is 14.2 Å². The number of likely N-dealkylation sites (N-methyl/N-ethyl adjacent to an activating group) is 1. The highest BCUT2D eigenvalue weighted by Gasteiger charge is 2.58. The van der Waals surface area contributed by atoms with Gasteiger partial charge < -0.3 is 10.7 Å². The molecular weight excluding hydrogens is 224 g/mol. The molecular formula is C6H12N4O4S. The van der Waals surface area contributed by atoms with Gasteiger partial charge in [-0.15, -0.1) is 0 Å². The van der Waals surface area contributed by atoms with E-state index in [1.54, 1.807) is 0 Å². The second-order valence-electron chi connectivity index (χ2n) is 3.48. The van der Waals surface area contributed by atoms with Crippen LogP contribution >= 0.6 is 0 Å². The van der Waals surface area contributed by atoms with Crippen LogP contribution in [-0.2, 0) is 18.8 Å². The van der Waals surface area contributed by atoms with Gasteiger partial charge in [-0.25, -0.2) is 0 Å². The fourth-order valence-corrected chi connectivity index (χ4v) is 2.61. The molecule has 2 heterocycles. The van der Waals surface area contributed by atoms with Crippen molar-refractivity contribution in [1.29, 1.82) is 0 Å². The van der Waals surface area contributed by atoms with Crippen LogP contribution in [0.1, 0.15) is 0 Å². The maximum absolute atomic E-state index is 10.9. The molecule has 0 atom stereocenters. The monoisotopic (exact) mass is 236 g/mol. The third-order valence-electron chi connectivity index (χ3n) is 2.30. The highest BCUT2D eigenvalue weighted by Crippen LogP contribution is 2.35. The van der Waals surface area contributed by atoms with E-state index in [0.717, 1.165) is 6.54 Å². The quantitative estimate of drug-likeness (QED) is 0.245. The predicted molar refractivity (Wildman–Crippen MR) is 50.7 cm³/mol. The van der Waals surface area contributed by atoms with Gasteiger partial charge in [0.15, 0.2) is 0 Å². The van der Waals surface area contributed by atoms with Crippen LogP contribution in [0.3, 0.4) is 0 Å². The lowest BCUT2D eigenvalue weighted by atomic mass is 10.3. The first-order chi connectivity index (χ1) is 6.97. The van der Waals surface area contributed by atoms with Crippen LogP contribution in [0.25, 0.3) is 0 Å². The minimum Gasteiger partial charge on any atom is -0.322 e.